The second kappa shape index (κ2) is 8.37. The Bertz CT molecular complexity index is 377. The van der Waals surface area contributed by atoms with Crippen molar-refractivity contribution in [2.24, 2.45) is 11.7 Å². The van der Waals surface area contributed by atoms with Crippen molar-refractivity contribution in [2.75, 3.05) is 6.61 Å². The fraction of sp³-hybridized carbons (Fsp3) is 0.867. The molecule has 20 heavy (non-hydrogen) atoms. The molecule has 3 unspecified atom stereocenters. The van der Waals surface area contributed by atoms with Crippen LogP contribution in [0.1, 0.15) is 77.6 Å². The first-order chi connectivity index (χ1) is 9.45. The largest absolute Gasteiger partial charge is 0.370 e. The van der Waals surface area contributed by atoms with Crippen LogP contribution in [0.5, 0.6) is 0 Å². The Kier molecular flexibility index (Phi) is 7.16. The van der Waals surface area contributed by atoms with Gasteiger partial charge < -0.3 is 15.0 Å². The van der Waals surface area contributed by atoms with E-state index in [0.717, 1.165) is 19.3 Å². The molecule has 5 heteroatoms. The number of ether oxygens (including phenoxy) is 1. The summed E-state index contributed by atoms with van der Waals surface area (Å²) in [6.07, 6.45) is 3.03. The fourth-order valence-corrected chi connectivity index (χ4v) is 2.18. The number of aromatic nitrogens is 2. The maximum absolute atomic E-state index is 5.76. The summed E-state index contributed by atoms with van der Waals surface area (Å²) in [5.41, 5.74) is 5.76. The molecular weight excluding hydrogens is 254 g/mol. The topological polar surface area (TPSA) is 74.2 Å². The minimum absolute atomic E-state index is 0.0891. The van der Waals surface area contributed by atoms with E-state index in [0.29, 0.717) is 24.2 Å². The van der Waals surface area contributed by atoms with Crippen LogP contribution in [0.15, 0.2) is 4.52 Å². The molecule has 0 saturated heterocycles. The highest BCUT2D eigenvalue weighted by Gasteiger charge is 2.23. The summed E-state index contributed by atoms with van der Waals surface area (Å²) >= 11 is 0. The summed E-state index contributed by atoms with van der Waals surface area (Å²) in [7, 11) is 0. The van der Waals surface area contributed by atoms with Crippen LogP contribution < -0.4 is 5.73 Å². The van der Waals surface area contributed by atoms with E-state index in [2.05, 4.69) is 30.9 Å². The van der Waals surface area contributed by atoms with Crippen molar-refractivity contribution in [3.05, 3.63) is 11.7 Å². The smallest absolute Gasteiger partial charge is 0.229 e. The SMILES string of the molecule is CCOC(c1noc(C(C)CCCC(C)N)n1)C(C)C. The molecule has 3 atom stereocenters. The molecule has 1 aromatic rings. The van der Waals surface area contributed by atoms with E-state index in [1.807, 2.05) is 13.8 Å². The van der Waals surface area contributed by atoms with Gasteiger partial charge in [-0.1, -0.05) is 32.3 Å². The summed E-state index contributed by atoms with van der Waals surface area (Å²) in [6, 6.07) is 0.253. The Labute approximate surface area is 122 Å². The second-order valence-electron chi connectivity index (χ2n) is 5.92. The van der Waals surface area contributed by atoms with E-state index in [-0.39, 0.29) is 18.1 Å². The molecule has 0 aliphatic heterocycles. The van der Waals surface area contributed by atoms with Crippen LogP contribution in [0.2, 0.25) is 0 Å². The van der Waals surface area contributed by atoms with Crippen LogP contribution in [-0.2, 0) is 4.74 Å². The first-order valence-corrected chi connectivity index (χ1v) is 7.66. The van der Waals surface area contributed by atoms with Gasteiger partial charge in [-0.25, -0.2) is 0 Å². The predicted octanol–water partition coefficient (Wildman–Crippen LogP) is 3.42. The van der Waals surface area contributed by atoms with E-state index in [1.54, 1.807) is 0 Å². The van der Waals surface area contributed by atoms with E-state index < -0.39 is 0 Å². The van der Waals surface area contributed by atoms with Gasteiger partial charge in [0.2, 0.25) is 11.7 Å². The first-order valence-electron chi connectivity index (χ1n) is 7.66. The van der Waals surface area contributed by atoms with Gasteiger partial charge in [-0.05, 0) is 32.6 Å². The number of hydrogen-bond acceptors (Lipinski definition) is 5. The predicted molar refractivity (Wildman–Crippen MR) is 79.4 cm³/mol. The van der Waals surface area contributed by atoms with Gasteiger partial charge in [0.1, 0.15) is 6.10 Å². The molecule has 1 rings (SSSR count). The Morgan fingerprint density at radius 1 is 1.20 bits per heavy atom. The lowest BCUT2D eigenvalue weighted by molar-refractivity contribution is 0.0217. The molecule has 0 bridgehead atoms. The summed E-state index contributed by atoms with van der Waals surface area (Å²) in [5, 5.41) is 4.08. The van der Waals surface area contributed by atoms with Gasteiger partial charge in [0.05, 0.1) is 0 Å². The van der Waals surface area contributed by atoms with Crippen LogP contribution in [0.3, 0.4) is 0 Å². The number of nitrogens with zero attached hydrogens (tertiary/aromatic N) is 2. The molecule has 0 spiro atoms. The highest BCUT2D eigenvalue weighted by Crippen LogP contribution is 2.26. The molecule has 0 aliphatic carbocycles. The molecule has 5 nitrogen and oxygen atoms in total. The van der Waals surface area contributed by atoms with Crippen molar-refractivity contribution in [3.63, 3.8) is 0 Å². The number of rotatable bonds is 9. The maximum Gasteiger partial charge on any atom is 0.229 e. The second-order valence-corrected chi connectivity index (χ2v) is 5.92. The maximum atomic E-state index is 5.76. The van der Waals surface area contributed by atoms with Crippen molar-refractivity contribution >= 4 is 0 Å². The molecule has 0 fully saturated rings. The van der Waals surface area contributed by atoms with E-state index in [9.17, 15) is 0 Å². The molecule has 0 saturated carbocycles. The first kappa shape index (κ1) is 17.1. The monoisotopic (exact) mass is 283 g/mol. The van der Waals surface area contributed by atoms with E-state index in [1.165, 1.54) is 0 Å². The van der Waals surface area contributed by atoms with Crippen molar-refractivity contribution in [2.45, 2.75) is 71.9 Å². The minimum atomic E-state index is -0.0891. The lowest BCUT2D eigenvalue weighted by atomic mass is 10.0. The highest BCUT2D eigenvalue weighted by molar-refractivity contribution is 4.96. The molecule has 2 N–H and O–H groups in total. The van der Waals surface area contributed by atoms with Gasteiger partial charge in [0.25, 0.3) is 0 Å². The Morgan fingerprint density at radius 3 is 2.45 bits per heavy atom. The van der Waals surface area contributed by atoms with Crippen molar-refractivity contribution in [1.82, 2.24) is 10.1 Å². The average molecular weight is 283 g/mol. The summed E-state index contributed by atoms with van der Waals surface area (Å²) < 4.78 is 11.1. The van der Waals surface area contributed by atoms with Gasteiger partial charge >= 0.3 is 0 Å². The standard InChI is InChI=1S/C15H29N3O2/c1-6-19-13(10(2)3)14-17-15(20-18-14)11(4)8-7-9-12(5)16/h10-13H,6-9,16H2,1-5H3. The summed E-state index contributed by atoms with van der Waals surface area (Å²) in [6.45, 7) is 11.0. The molecule has 116 valence electrons. The minimum Gasteiger partial charge on any atom is -0.370 e. The third kappa shape index (κ3) is 5.21. The Morgan fingerprint density at radius 2 is 1.90 bits per heavy atom. The lowest BCUT2D eigenvalue weighted by Crippen LogP contribution is -2.14. The molecule has 0 aliphatic rings. The molecule has 1 heterocycles. The van der Waals surface area contributed by atoms with Crippen LogP contribution >= 0.6 is 0 Å². The zero-order valence-electron chi connectivity index (χ0n) is 13.4. The van der Waals surface area contributed by atoms with Gasteiger partial charge in [0, 0.05) is 18.6 Å². The normalized spacial score (nSPS) is 16.4. The molecule has 0 aromatic carbocycles. The highest BCUT2D eigenvalue weighted by atomic mass is 16.5. The Balaban J connectivity index is 2.60. The lowest BCUT2D eigenvalue weighted by Gasteiger charge is -2.16. The van der Waals surface area contributed by atoms with Crippen molar-refractivity contribution < 1.29 is 9.26 Å². The van der Waals surface area contributed by atoms with Gasteiger partial charge in [-0.15, -0.1) is 0 Å². The summed E-state index contributed by atoms with van der Waals surface area (Å²) in [4.78, 5) is 4.51. The third-order valence-corrected chi connectivity index (χ3v) is 3.38. The van der Waals surface area contributed by atoms with Crippen LogP contribution in [-0.4, -0.2) is 22.8 Å². The fourth-order valence-electron chi connectivity index (χ4n) is 2.18. The molecule has 0 radical (unpaired) electrons. The molecule has 0 amide bonds. The summed E-state index contributed by atoms with van der Waals surface area (Å²) in [5.74, 6) is 1.96. The third-order valence-electron chi connectivity index (χ3n) is 3.38. The van der Waals surface area contributed by atoms with Crippen molar-refractivity contribution in [1.29, 1.82) is 0 Å². The van der Waals surface area contributed by atoms with Gasteiger partial charge in [0.15, 0.2) is 0 Å². The Hall–Kier alpha value is -0.940. The van der Waals surface area contributed by atoms with Crippen LogP contribution in [0.25, 0.3) is 0 Å². The van der Waals surface area contributed by atoms with Crippen molar-refractivity contribution in [3.8, 4) is 0 Å². The number of hydrogen-bond donors (Lipinski definition) is 1. The van der Waals surface area contributed by atoms with Gasteiger partial charge in [-0.2, -0.15) is 4.98 Å². The van der Waals surface area contributed by atoms with E-state index in [4.69, 9.17) is 15.0 Å². The zero-order valence-corrected chi connectivity index (χ0v) is 13.4. The van der Waals surface area contributed by atoms with Crippen LogP contribution in [0.4, 0.5) is 0 Å². The van der Waals surface area contributed by atoms with E-state index >= 15 is 0 Å². The average Bonchev–Trinajstić information content (AvgIpc) is 2.84. The van der Waals surface area contributed by atoms with Crippen LogP contribution in [0, 0.1) is 5.92 Å². The van der Waals surface area contributed by atoms with Gasteiger partial charge in [-0.3, -0.25) is 0 Å². The quantitative estimate of drug-likeness (QED) is 0.751. The number of nitrogens with two attached hydrogens (primary N) is 1. The zero-order chi connectivity index (χ0) is 15.1. The molecular formula is C15H29N3O2. The molecule has 1 aromatic heterocycles.